The van der Waals surface area contributed by atoms with Crippen LogP contribution in [-0.4, -0.2) is 37.6 Å². The lowest BCUT2D eigenvalue weighted by atomic mass is 9.90. The van der Waals surface area contributed by atoms with Gasteiger partial charge in [0.2, 0.25) is 0 Å². The summed E-state index contributed by atoms with van der Waals surface area (Å²) in [7, 11) is 1.89. The predicted octanol–water partition coefficient (Wildman–Crippen LogP) is 2.58. The summed E-state index contributed by atoms with van der Waals surface area (Å²) in [4.78, 5) is 17.3. The Balaban J connectivity index is 1.61. The minimum Gasteiger partial charge on any atom is -0.385 e. The van der Waals surface area contributed by atoms with Crippen LogP contribution in [0, 0.1) is 23.0 Å². The van der Waals surface area contributed by atoms with Gasteiger partial charge in [0.15, 0.2) is 0 Å². The van der Waals surface area contributed by atoms with Crippen molar-refractivity contribution in [3.05, 3.63) is 57.7 Å². The number of hydrogen-bond donors (Lipinski definition) is 1. The van der Waals surface area contributed by atoms with Gasteiger partial charge in [-0.1, -0.05) is 12.1 Å². The van der Waals surface area contributed by atoms with Crippen molar-refractivity contribution in [3.63, 3.8) is 0 Å². The Hall–Kier alpha value is -2.25. The third-order valence-electron chi connectivity index (χ3n) is 5.21. The van der Waals surface area contributed by atoms with Crippen molar-refractivity contribution in [3.8, 4) is 0 Å². The molecule has 1 aromatic carbocycles. The van der Waals surface area contributed by atoms with E-state index < -0.39 is 6.10 Å². The second kappa shape index (κ2) is 7.33. The summed E-state index contributed by atoms with van der Waals surface area (Å²) in [5.74, 6) is 0.913. The van der Waals surface area contributed by atoms with Crippen molar-refractivity contribution in [2.45, 2.75) is 32.4 Å². The van der Waals surface area contributed by atoms with Gasteiger partial charge < -0.3 is 9.67 Å². The smallest absolute Gasteiger partial charge is 0.272 e. The molecule has 1 fully saturated rings. The van der Waals surface area contributed by atoms with Crippen LogP contribution in [0.5, 0.6) is 0 Å². The molecule has 7 heteroatoms. The summed E-state index contributed by atoms with van der Waals surface area (Å²) in [6.45, 7) is 4.26. The summed E-state index contributed by atoms with van der Waals surface area (Å²) in [6.07, 6.45) is 4.79. The highest BCUT2D eigenvalue weighted by molar-refractivity contribution is 5.44. The Morgan fingerprint density at radius 1 is 1.40 bits per heavy atom. The monoisotopic (exact) mass is 344 g/mol. The number of rotatable bonds is 5. The maximum absolute atomic E-state index is 11.1. The van der Waals surface area contributed by atoms with Crippen molar-refractivity contribution in [2.24, 2.45) is 13.0 Å². The molecular weight excluding hydrogens is 320 g/mol. The van der Waals surface area contributed by atoms with E-state index >= 15 is 0 Å². The number of hydrogen-bond acceptors (Lipinski definition) is 5. The van der Waals surface area contributed by atoms with Crippen LogP contribution in [0.2, 0.25) is 0 Å². The first-order valence-corrected chi connectivity index (χ1v) is 8.58. The van der Waals surface area contributed by atoms with Crippen molar-refractivity contribution in [2.75, 3.05) is 13.1 Å². The molecule has 3 rings (SSSR count). The highest BCUT2D eigenvalue weighted by atomic mass is 16.6. The molecule has 0 saturated carbocycles. The van der Waals surface area contributed by atoms with Crippen LogP contribution in [0.3, 0.4) is 0 Å². The molecule has 0 amide bonds. The average molecular weight is 344 g/mol. The number of aliphatic hydroxyl groups excluding tert-OH is 1. The first kappa shape index (κ1) is 17.6. The average Bonchev–Trinajstić information content (AvgIpc) is 3.02. The molecule has 2 heterocycles. The normalized spacial score (nSPS) is 17.6. The minimum absolute atomic E-state index is 0.178. The van der Waals surface area contributed by atoms with Crippen LogP contribution in [0.25, 0.3) is 0 Å². The van der Waals surface area contributed by atoms with Gasteiger partial charge in [-0.05, 0) is 44.3 Å². The molecule has 25 heavy (non-hydrogen) atoms. The minimum atomic E-state index is -0.540. The molecule has 134 valence electrons. The molecule has 1 atom stereocenters. The zero-order valence-electron chi connectivity index (χ0n) is 14.6. The lowest BCUT2D eigenvalue weighted by Crippen LogP contribution is -2.35. The van der Waals surface area contributed by atoms with Crippen LogP contribution >= 0.6 is 0 Å². The Bertz CT molecular complexity index is 751. The van der Waals surface area contributed by atoms with Crippen LogP contribution < -0.4 is 0 Å². The molecule has 2 aromatic rings. The first-order chi connectivity index (χ1) is 12.0. The van der Waals surface area contributed by atoms with E-state index in [-0.39, 0.29) is 16.5 Å². The molecule has 1 aliphatic heterocycles. The van der Waals surface area contributed by atoms with Gasteiger partial charge in [0.25, 0.3) is 5.69 Å². The molecule has 0 aliphatic carbocycles. The number of imidazole rings is 1. The quantitative estimate of drug-likeness (QED) is 0.666. The molecule has 0 radical (unpaired) electrons. The fourth-order valence-electron chi connectivity index (χ4n) is 3.58. The van der Waals surface area contributed by atoms with Gasteiger partial charge in [-0.2, -0.15) is 0 Å². The summed E-state index contributed by atoms with van der Waals surface area (Å²) in [6, 6.07) is 5.25. The maximum atomic E-state index is 11.1. The van der Waals surface area contributed by atoms with Gasteiger partial charge >= 0.3 is 0 Å². The second-order valence-electron chi connectivity index (χ2n) is 6.77. The number of likely N-dealkylation sites (tertiary alicyclic amines) is 1. The van der Waals surface area contributed by atoms with E-state index in [1.165, 1.54) is 0 Å². The summed E-state index contributed by atoms with van der Waals surface area (Å²) >= 11 is 0. The number of aromatic nitrogens is 2. The van der Waals surface area contributed by atoms with E-state index in [4.69, 9.17) is 0 Å². The Kier molecular flexibility index (Phi) is 5.15. The molecule has 1 N–H and O–H groups in total. The van der Waals surface area contributed by atoms with Crippen molar-refractivity contribution >= 4 is 5.69 Å². The van der Waals surface area contributed by atoms with Gasteiger partial charge in [0.05, 0.1) is 4.92 Å². The van der Waals surface area contributed by atoms with Gasteiger partial charge in [-0.15, -0.1) is 0 Å². The second-order valence-corrected chi connectivity index (χ2v) is 6.77. The number of benzene rings is 1. The number of aliphatic hydroxyl groups is 1. The van der Waals surface area contributed by atoms with Gasteiger partial charge in [0, 0.05) is 37.6 Å². The van der Waals surface area contributed by atoms with E-state index in [2.05, 4.69) is 9.88 Å². The molecule has 1 aliphatic rings. The van der Waals surface area contributed by atoms with E-state index in [1.807, 2.05) is 30.8 Å². The lowest BCUT2D eigenvalue weighted by molar-refractivity contribution is -0.385. The number of nitro benzene ring substituents is 1. The molecule has 1 aromatic heterocycles. The van der Waals surface area contributed by atoms with E-state index in [9.17, 15) is 15.2 Å². The van der Waals surface area contributed by atoms with Gasteiger partial charge in [-0.25, -0.2) is 4.98 Å². The first-order valence-electron chi connectivity index (χ1n) is 8.58. The number of nitro groups is 1. The Morgan fingerprint density at radius 2 is 2.12 bits per heavy atom. The summed E-state index contributed by atoms with van der Waals surface area (Å²) in [5, 5.41) is 21.6. The summed E-state index contributed by atoms with van der Waals surface area (Å²) in [5.41, 5.74) is 1.91. The Morgan fingerprint density at radius 3 is 2.72 bits per heavy atom. The predicted molar refractivity (Wildman–Crippen MR) is 94.0 cm³/mol. The van der Waals surface area contributed by atoms with Crippen LogP contribution in [-0.2, 0) is 13.6 Å². The van der Waals surface area contributed by atoms with E-state index in [1.54, 1.807) is 18.3 Å². The lowest BCUT2D eigenvalue weighted by Gasteiger charge is -2.34. The molecule has 7 nitrogen and oxygen atoms in total. The molecule has 0 spiro atoms. The van der Waals surface area contributed by atoms with Gasteiger partial charge in [0.1, 0.15) is 11.9 Å². The van der Waals surface area contributed by atoms with Crippen molar-refractivity contribution in [1.82, 2.24) is 14.5 Å². The van der Waals surface area contributed by atoms with Crippen LogP contribution in [0.4, 0.5) is 5.69 Å². The molecule has 1 unspecified atom stereocenters. The topological polar surface area (TPSA) is 84.4 Å². The van der Waals surface area contributed by atoms with E-state index in [0.717, 1.165) is 37.1 Å². The zero-order valence-corrected chi connectivity index (χ0v) is 14.6. The highest BCUT2D eigenvalue weighted by Crippen LogP contribution is 2.31. The fourth-order valence-corrected chi connectivity index (χ4v) is 3.58. The van der Waals surface area contributed by atoms with Gasteiger partial charge in [-0.3, -0.25) is 15.0 Å². The molecular formula is C18H24N4O3. The fraction of sp³-hybridized carbons (Fsp3) is 0.500. The number of piperidine rings is 1. The molecule has 0 bridgehead atoms. The number of nitrogens with zero attached hydrogens (tertiary/aromatic N) is 4. The highest BCUT2D eigenvalue weighted by Gasteiger charge is 2.28. The Labute approximate surface area is 147 Å². The van der Waals surface area contributed by atoms with Crippen molar-refractivity contribution < 1.29 is 10.0 Å². The number of aryl methyl sites for hydroxylation is 1. The maximum Gasteiger partial charge on any atom is 0.272 e. The van der Waals surface area contributed by atoms with E-state index in [0.29, 0.717) is 12.4 Å². The third-order valence-corrected chi connectivity index (χ3v) is 5.21. The van der Waals surface area contributed by atoms with Crippen LogP contribution in [0.15, 0.2) is 30.6 Å². The SMILES string of the molecule is Cc1c(CN2CCC(C(O)c3nccn3C)CC2)cccc1[N+](=O)[O-]. The van der Waals surface area contributed by atoms with Crippen molar-refractivity contribution in [1.29, 1.82) is 0 Å². The standard InChI is InChI=1S/C18H24N4O3/c1-13-15(4-3-5-16(13)22(24)25)12-21-9-6-14(7-10-21)17(23)18-19-8-11-20(18)2/h3-5,8,11,14,17,23H,6-7,9-10,12H2,1-2H3. The zero-order chi connectivity index (χ0) is 18.0. The molecule has 1 saturated heterocycles. The summed E-state index contributed by atoms with van der Waals surface area (Å²) < 4.78 is 1.86. The largest absolute Gasteiger partial charge is 0.385 e. The third kappa shape index (κ3) is 3.72. The van der Waals surface area contributed by atoms with Crippen LogP contribution in [0.1, 0.15) is 35.9 Å².